The summed E-state index contributed by atoms with van der Waals surface area (Å²) in [7, 11) is -2.13. The lowest BCUT2D eigenvalue weighted by atomic mass is 10.3. The third-order valence-electron chi connectivity index (χ3n) is 2.15. The van der Waals surface area contributed by atoms with Gasteiger partial charge in [-0.15, -0.1) is 0 Å². The van der Waals surface area contributed by atoms with Crippen LogP contribution >= 0.6 is 0 Å². The number of nitrogens with one attached hydrogen (secondary N) is 1. The highest BCUT2D eigenvalue weighted by atomic mass is 32.2. The number of sulfonamides is 1. The zero-order valence-electron chi connectivity index (χ0n) is 9.21. The molecule has 0 saturated carbocycles. The lowest BCUT2D eigenvalue weighted by Crippen LogP contribution is -2.37. The molecule has 92 valence electrons. The standard InChI is InChI=1S/C8H16N4O3S/c1-3-6(5-13)11-16(14,15)7-4-12(2)10-8(7)9/h4,6,11,13H,3,5H2,1-2H3,(H2,9,10). The van der Waals surface area contributed by atoms with Crippen molar-refractivity contribution in [2.45, 2.75) is 24.3 Å². The van der Waals surface area contributed by atoms with Crippen LogP contribution in [0.5, 0.6) is 0 Å². The predicted molar refractivity (Wildman–Crippen MR) is 59.1 cm³/mol. The minimum atomic E-state index is -3.71. The maximum absolute atomic E-state index is 11.8. The van der Waals surface area contributed by atoms with Gasteiger partial charge in [-0.25, -0.2) is 13.1 Å². The second-order valence-electron chi connectivity index (χ2n) is 3.46. The van der Waals surface area contributed by atoms with E-state index in [9.17, 15) is 8.42 Å². The monoisotopic (exact) mass is 248 g/mol. The Bertz CT molecular complexity index is 450. The highest BCUT2D eigenvalue weighted by Crippen LogP contribution is 2.15. The van der Waals surface area contributed by atoms with E-state index in [0.717, 1.165) is 0 Å². The summed E-state index contributed by atoms with van der Waals surface area (Å²) in [5.41, 5.74) is 5.47. The molecule has 1 rings (SSSR count). The number of nitrogen functional groups attached to an aromatic ring is 1. The molecule has 0 saturated heterocycles. The van der Waals surface area contributed by atoms with E-state index in [1.807, 2.05) is 0 Å². The molecular formula is C8H16N4O3S. The molecule has 8 heteroatoms. The fraction of sp³-hybridized carbons (Fsp3) is 0.625. The summed E-state index contributed by atoms with van der Waals surface area (Å²) in [4.78, 5) is -0.0677. The van der Waals surface area contributed by atoms with Gasteiger partial charge >= 0.3 is 0 Å². The molecule has 0 bridgehead atoms. The van der Waals surface area contributed by atoms with E-state index in [1.165, 1.54) is 10.9 Å². The summed E-state index contributed by atoms with van der Waals surface area (Å²) in [6.07, 6.45) is 1.82. The van der Waals surface area contributed by atoms with E-state index in [2.05, 4.69) is 9.82 Å². The number of aryl methyl sites for hydroxylation is 1. The summed E-state index contributed by atoms with van der Waals surface area (Å²) >= 11 is 0. The first-order valence-electron chi connectivity index (χ1n) is 4.83. The second-order valence-corrected chi connectivity index (χ2v) is 5.14. The van der Waals surface area contributed by atoms with Gasteiger partial charge in [-0.2, -0.15) is 5.10 Å². The molecule has 1 aromatic rings. The Morgan fingerprint density at radius 1 is 1.69 bits per heavy atom. The Hall–Kier alpha value is -1.12. The highest BCUT2D eigenvalue weighted by Gasteiger charge is 2.23. The molecule has 7 nitrogen and oxygen atoms in total. The molecule has 0 amide bonds. The second kappa shape index (κ2) is 4.81. The minimum absolute atomic E-state index is 0.0530. The Labute approximate surface area is 94.3 Å². The first kappa shape index (κ1) is 12.9. The van der Waals surface area contributed by atoms with Crippen molar-refractivity contribution in [3.8, 4) is 0 Å². The van der Waals surface area contributed by atoms with Crippen LogP contribution in [0.4, 0.5) is 5.82 Å². The molecule has 0 aliphatic rings. The van der Waals surface area contributed by atoms with Gasteiger partial charge < -0.3 is 10.8 Å². The van der Waals surface area contributed by atoms with Crippen molar-refractivity contribution in [1.82, 2.24) is 14.5 Å². The van der Waals surface area contributed by atoms with Gasteiger partial charge in [0.05, 0.1) is 6.61 Å². The number of aliphatic hydroxyl groups is 1. The number of aromatic nitrogens is 2. The molecule has 1 unspecified atom stereocenters. The van der Waals surface area contributed by atoms with Gasteiger partial charge in [0.15, 0.2) is 5.82 Å². The number of hydrogen-bond acceptors (Lipinski definition) is 5. The van der Waals surface area contributed by atoms with E-state index in [1.54, 1.807) is 14.0 Å². The summed E-state index contributed by atoms with van der Waals surface area (Å²) < 4.78 is 27.4. The predicted octanol–water partition coefficient (Wildman–Crippen LogP) is -0.948. The van der Waals surface area contributed by atoms with Gasteiger partial charge in [-0.05, 0) is 6.42 Å². The molecule has 1 atom stereocenters. The van der Waals surface area contributed by atoms with Gasteiger partial charge in [0.1, 0.15) is 4.90 Å². The maximum Gasteiger partial charge on any atom is 0.246 e. The van der Waals surface area contributed by atoms with Crippen LogP contribution in [-0.4, -0.2) is 36.0 Å². The topological polar surface area (TPSA) is 110 Å². The van der Waals surface area contributed by atoms with E-state index in [-0.39, 0.29) is 17.3 Å². The van der Waals surface area contributed by atoms with E-state index >= 15 is 0 Å². The smallest absolute Gasteiger partial charge is 0.246 e. The van der Waals surface area contributed by atoms with Gasteiger partial charge in [-0.3, -0.25) is 4.68 Å². The number of hydrogen-bond donors (Lipinski definition) is 3. The molecule has 1 heterocycles. The Morgan fingerprint density at radius 2 is 2.31 bits per heavy atom. The highest BCUT2D eigenvalue weighted by molar-refractivity contribution is 7.89. The van der Waals surface area contributed by atoms with Crippen molar-refractivity contribution in [2.75, 3.05) is 12.3 Å². The van der Waals surface area contributed by atoms with Crippen molar-refractivity contribution >= 4 is 15.8 Å². The van der Waals surface area contributed by atoms with Crippen molar-refractivity contribution in [3.63, 3.8) is 0 Å². The van der Waals surface area contributed by atoms with E-state index < -0.39 is 16.1 Å². The van der Waals surface area contributed by atoms with Crippen molar-refractivity contribution in [3.05, 3.63) is 6.20 Å². The third kappa shape index (κ3) is 2.71. The SMILES string of the molecule is CCC(CO)NS(=O)(=O)c1cn(C)nc1N. The van der Waals surface area contributed by atoms with E-state index in [0.29, 0.717) is 6.42 Å². The normalized spacial score (nSPS) is 13.9. The van der Waals surface area contributed by atoms with E-state index in [4.69, 9.17) is 10.8 Å². The van der Waals surface area contributed by atoms with Gasteiger partial charge in [-0.1, -0.05) is 6.92 Å². The number of nitrogens with zero attached hydrogens (tertiary/aromatic N) is 2. The summed E-state index contributed by atoms with van der Waals surface area (Å²) in [5, 5.41) is 12.7. The maximum atomic E-state index is 11.8. The van der Waals surface area contributed by atoms with Crippen LogP contribution in [0, 0.1) is 0 Å². The lowest BCUT2D eigenvalue weighted by molar-refractivity contribution is 0.254. The molecule has 0 aliphatic carbocycles. The zero-order chi connectivity index (χ0) is 12.3. The average molecular weight is 248 g/mol. The minimum Gasteiger partial charge on any atom is -0.395 e. The molecular weight excluding hydrogens is 232 g/mol. The number of aliphatic hydroxyl groups excluding tert-OH is 1. The fourth-order valence-electron chi connectivity index (χ4n) is 1.22. The number of rotatable bonds is 5. The van der Waals surface area contributed by atoms with Crippen LogP contribution in [0.25, 0.3) is 0 Å². The Kier molecular flexibility index (Phi) is 3.89. The molecule has 0 aliphatic heterocycles. The molecule has 1 aromatic heterocycles. The Balaban J connectivity index is 2.98. The van der Waals surface area contributed by atoms with Crippen molar-refractivity contribution in [2.24, 2.45) is 7.05 Å². The first-order valence-corrected chi connectivity index (χ1v) is 6.31. The number of anilines is 1. The average Bonchev–Trinajstić information content (AvgIpc) is 2.55. The molecule has 0 radical (unpaired) electrons. The fourth-order valence-corrected chi connectivity index (χ4v) is 2.64. The summed E-state index contributed by atoms with van der Waals surface area (Å²) in [5.74, 6) is -0.0530. The molecule has 0 spiro atoms. The number of nitrogens with two attached hydrogens (primary N) is 1. The Morgan fingerprint density at radius 3 is 2.69 bits per heavy atom. The van der Waals surface area contributed by atoms with Crippen LogP contribution in [0.2, 0.25) is 0 Å². The van der Waals surface area contributed by atoms with Crippen LogP contribution in [0.3, 0.4) is 0 Å². The third-order valence-corrected chi connectivity index (χ3v) is 3.68. The first-order chi connectivity index (χ1) is 7.40. The van der Waals surface area contributed by atoms with Crippen LogP contribution in [-0.2, 0) is 17.1 Å². The van der Waals surface area contributed by atoms with Crippen LogP contribution < -0.4 is 10.5 Å². The summed E-state index contributed by atoms with van der Waals surface area (Å²) in [6.45, 7) is 1.52. The van der Waals surface area contributed by atoms with Crippen molar-refractivity contribution in [1.29, 1.82) is 0 Å². The van der Waals surface area contributed by atoms with Gasteiger partial charge in [0.25, 0.3) is 0 Å². The molecule has 4 N–H and O–H groups in total. The largest absolute Gasteiger partial charge is 0.395 e. The van der Waals surface area contributed by atoms with Crippen LogP contribution in [0.1, 0.15) is 13.3 Å². The quantitative estimate of drug-likeness (QED) is 0.622. The molecule has 0 fully saturated rings. The summed E-state index contributed by atoms with van der Waals surface area (Å²) in [6, 6.07) is -0.510. The van der Waals surface area contributed by atoms with Crippen LogP contribution in [0.15, 0.2) is 11.1 Å². The van der Waals surface area contributed by atoms with Gasteiger partial charge in [0.2, 0.25) is 10.0 Å². The van der Waals surface area contributed by atoms with Crippen molar-refractivity contribution < 1.29 is 13.5 Å². The molecule has 16 heavy (non-hydrogen) atoms. The molecule has 0 aromatic carbocycles. The van der Waals surface area contributed by atoms with Gasteiger partial charge in [0, 0.05) is 19.3 Å². The lowest BCUT2D eigenvalue weighted by Gasteiger charge is -2.13. The zero-order valence-corrected chi connectivity index (χ0v) is 10.0.